The van der Waals surface area contributed by atoms with Crippen molar-refractivity contribution in [2.24, 2.45) is 4.99 Å². The van der Waals surface area contributed by atoms with Crippen LogP contribution in [-0.4, -0.2) is 39.9 Å². The Morgan fingerprint density at radius 1 is 1.35 bits per heavy atom. The van der Waals surface area contributed by atoms with Gasteiger partial charge < -0.3 is 10.2 Å². The minimum absolute atomic E-state index is 0.0376. The average Bonchev–Trinajstić information content (AvgIpc) is 2.43. The Hall–Kier alpha value is -2.76. The summed E-state index contributed by atoms with van der Waals surface area (Å²) < 4.78 is 0. The molecule has 0 bridgehead atoms. The molecule has 1 rings (SSSR count). The second-order valence-electron chi connectivity index (χ2n) is 3.75. The summed E-state index contributed by atoms with van der Waals surface area (Å²) in [5.41, 5.74) is 0.697. The molecule has 0 radical (unpaired) electrons. The minimum Gasteiger partial charge on any atom is -0.478 e. The first-order chi connectivity index (χ1) is 9.49. The summed E-state index contributed by atoms with van der Waals surface area (Å²) in [7, 11) is 1.48. The number of hydrogen-bond donors (Lipinski definition) is 2. The average molecular weight is 274 g/mol. The predicted molar refractivity (Wildman–Crippen MR) is 74.2 cm³/mol. The number of pyridine rings is 1. The van der Waals surface area contributed by atoms with Crippen molar-refractivity contribution in [1.82, 2.24) is 4.98 Å². The van der Waals surface area contributed by atoms with E-state index in [-0.39, 0.29) is 11.1 Å². The topological polar surface area (TPSA) is 99.9 Å². The molecule has 1 aromatic rings. The number of carboxylic acids is 2. The minimum atomic E-state index is -1.10. The number of carbonyl (C=O) groups is 2. The predicted octanol–water partition coefficient (Wildman–Crippen LogP) is 1.79. The molecule has 0 aromatic carbocycles. The zero-order valence-electron chi connectivity index (χ0n) is 11.1. The van der Waals surface area contributed by atoms with Gasteiger partial charge in [0, 0.05) is 13.2 Å². The molecular formula is C14H14N2O4. The number of aliphatic imine (C=N–C) groups is 1. The lowest BCUT2D eigenvalue weighted by Gasteiger charge is -2.03. The van der Waals surface area contributed by atoms with Crippen LogP contribution in [0.25, 0.3) is 0 Å². The molecule has 6 heteroatoms. The molecule has 104 valence electrons. The Bertz CT molecular complexity index is 615. The number of rotatable bonds is 5. The first-order valence-corrected chi connectivity index (χ1v) is 5.73. The largest absolute Gasteiger partial charge is 0.478 e. The van der Waals surface area contributed by atoms with Crippen LogP contribution in [0.4, 0.5) is 0 Å². The molecule has 0 atom stereocenters. The van der Waals surface area contributed by atoms with E-state index in [1.54, 1.807) is 13.0 Å². The van der Waals surface area contributed by atoms with Gasteiger partial charge in [-0.3, -0.25) is 9.98 Å². The zero-order valence-corrected chi connectivity index (χ0v) is 11.1. The summed E-state index contributed by atoms with van der Waals surface area (Å²) in [5, 5.41) is 18.0. The van der Waals surface area contributed by atoms with E-state index in [0.717, 1.165) is 0 Å². The van der Waals surface area contributed by atoms with Gasteiger partial charge in [-0.25, -0.2) is 9.59 Å². The lowest BCUT2D eigenvalue weighted by Crippen LogP contribution is -2.07. The maximum absolute atomic E-state index is 11.1. The summed E-state index contributed by atoms with van der Waals surface area (Å²) in [6, 6.07) is 2.70. The quantitative estimate of drug-likeness (QED) is 0.484. The Kier molecular flexibility index (Phi) is 5.34. The monoisotopic (exact) mass is 274 g/mol. The van der Waals surface area contributed by atoms with Crippen LogP contribution < -0.4 is 0 Å². The lowest BCUT2D eigenvalue weighted by molar-refractivity contribution is -0.132. The van der Waals surface area contributed by atoms with Gasteiger partial charge in [0.2, 0.25) is 0 Å². The van der Waals surface area contributed by atoms with E-state index in [2.05, 4.69) is 9.98 Å². The van der Waals surface area contributed by atoms with Gasteiger partial charge in [-0.1, -0.05) is 12.2 Å². The Morgan fingerprint density at radius 2 is 2.05 bits per heavy atom. The van der Waals surface area contributed by atoms with E-state index in [0.29, 0.717) is 11.4 Å². The SMILES string of the molecule is C\C=C/C(=C\C(=N\C)c1cc(C(=O)O)ccn1)C(=O)O. The van der Waals surface area contributed by atoms with Gasteiger partial charge in [-0.2, -0.15) is 0 Å². The highest BCUT2D eigenvalue weighted by atomic mass is 16.4. The zero-order chi connectivity index (χ0) is 15.1. The first kappa shape index (κ1) is 15.3. The summed E-state index contributed by atoms with van der Waals surface area (Å²) >= 11 is 0. The van der Waals surface area contributed by atoms with Gasteiger partial charge in [-0.05, 0) is 25.1 Å². The van der Waals surface area contributed by atoms with Crippen LogP contribution in [-0.2, 0) is 4.79 Å². The highest BCUT2D eigenvalue weighted by Crippen LogP contribution is 2.07. The van der Waals surface area contributed by atoms with Crippen LogP contribution in [0, 0.1) is 0 Å². The number of hydrogen-bond acceptors (Lipinski definition) is 4. The van der Waals surface area contributed by atoms with Gasteiger partial charge in [0.05, 0.1) is 22.5 Å². The first-order valence-electron chi connectivity index (χ1n) is 5.73. The molecule has 6 nitrogen and oxygen atoms in total. The molecule has 0 spiro atoms. The highest BCUT2D eigenvalue weighted by Gasteiger charge is 2.10. The molecule has 0 saturated heterocycles. The van der Waals surface area contributed by atoms with E-state index in [1.807, 2.05) is 0 Å². The molecule has 0 amide bonds. The molecule has 1 aromatic heterocycles. The fraction of sp³-hybridized carbons (Fsp3) is 0.143. The summed E-state index contributed by atoms with van der Waals surface area (Å²) in [4.78, 5) is 29.9. The fourth-order valence-electron chi connectivity index (χ4n) is 1.46. The molecule has 0 aliphatic rings. The van der Waals surface area contributed by atoms with Crippen LogP contribution in [0.5, 0.6) is 0 Å². The smallest absolute Gasteiger partial charge is 0.335 e. The van der Waals surface area contributed by atoms with Gasteiger partial charge >= 0.3 is 11.9 Å². The molecule has 20 heavy (non-hydrogen) atoms. The molecule has 0 aliphatic carbocycles. The standard InChI is InChI=1S/C14H14N2O4/c1-3-4-9(13(17)18)7-11(15-2)12-8-10(14(19)20)5-6-16-12/h3-8H,1-2H3,(H,17,18)(H,19,20)/b4-3-,9-7+,15-11-. The van der Waals surface area contributed by atoms with Crippen molar-refractivity contribution < 1.29 is 19.8 Å². The summed E-state index contributed by atoms with van der Waals surface area (Å²) in [6.45, 7) is 1.70. The fourth-order valence-corrected chi connectivity index (χ4v) is 1.46. The molecule has 2 N–H and O–H groups in total. The van der Waals surface area contributed by atoms with Crippen LogP contribution in [0.1, 0.15) is 23.0 Å². The third kappa shape index (κ3) is 3.88. The Morgan fingerprint density at radius 3 is 2.55 bits per heavy atom. The molecule has 0 aliphatic heterocycles. The molecule has 0 saturated carbocycles. The van der Waals surface area contributed by atoms with Crippen LogP contribution in [0.3, 0.4) is 0 Å². The van der Waals surface area contributed by atoms with Gasteiger partial charge in [0.25, 0.3) is 0 Å². The van der Waals surface area contributed by atoms with E-state index in [4.69, 9.17) is 10.2 Å². The van der Waals surface area contributed by atoms with Crippen molar-refractivity contribution in [3.63, 3.8) is 0 Å². The van der Waals surface area contributed by atoms with Crippen molar-refractivity contribution in [3.05, 3.63) is 53.4 Å². The third-order valence-corrected chi connectivity index (χ3v) is 2.40. The van der Waals surface area contributed by atoms with Crippen LogP contribution >= 0.6 is 0 Å². The number of carboxylic acid groups (broad SMARTS) is 2. The van der Waals surface area contributed by atoms with Crippen molar-refractivity contribution >= 4 is 17.7 Å². The molecule has 0 unspecified atom stereocenters. The summed E-state index contributed by atoms with van der Waals surface area (Å²) in [5.74, 6) is -2.18. The third-order valence-electron chi connectivity index (χ3n) is 2.40. The van der Waals surface area contributed by atoms with Crippen LogP contribution in [0.15, 0.2) is 47.1 Å². The van der Waals surface area contributed by atoms with E-state index in [1.165, 1.54) is 37.5 Å². The second-order valence-corrected chi connectivity index (χ2v) is 3.75. The van der Waals surface area contributed by atoms with Gasteiger partial charge in [-0.15, -0.1) is 0 Å². The van der Waals surface area contributed by atoms with Crippen LogP contribution in [0.2, 0.25) is 0 Å². The van der Waals surface area contributed by atoms with Crippen molar-refractivity contribution in [1.29, 1.82) is 0 Å². The summed E-state index contributed by atoms with van der Waals surface area (Å²) in [6.07, 6.45) is 5.70. The van der Waals surface area contributed by atoms with E-state index in [9.17, 15) is 9.59 Å². The maximum atomic E-state index is 11.1. The van der Waals surface area contributed by atoms with Crippen molar-refractivity contribution in [2.45, 2.75) is 6.92 Å². The van der Waals surface area contributed by atoms with E-state index >= 15 is 0 Å². The maximum Gasteiger partial charge on any atom is 0.335 e. The van der Waals surface area contributed by atoms with Gasteiger partial charge in [0.15, 0.2) is 0 Å². The highest BCUT2D eigenvalue weighted by molar-refractivity contribution is 6.12. The lowest BCUT2D eigenvalue weighted by atomic mass is 10.1. The van der Waals surface area contributed by atoms with Crippen molar-refractivity contribution in [2.75, 3.05) is 7.05 Å². The second kappa shape index (κ2) is 6.98. The normalized spacial score (nSPS) is 12.7. The van der Waals surface area contributed by atoms with E-state index < -0.39 is 11.9 Å². The number of allylic oxidation sites excluding steroid dienone is 2. The van der Waals surface area contributed by atoms with Crippen molar-refractivity contribution in [3.8, 4) is 0 Å². The molecular weight excluding hydrogens is 260 g/mol. The number of aromatic nitrogens is 1. The Balaban J connectivity index is 3.27. The van der Waals surface area contributed by atoms with Gasteiger partial charge in [0.1, 0.15) is 0 Å². The number of aromatic carboxylic acids is 1. The molecule has 0 fully saturated rings. The number of nitrogens with zero attached hydrogens (tertiary/aromatic N) is 2. The molecule has 1 heterocycles. The number of aliphatic carboxylic acids is 1. The Labute approximate surface area is 115 Å².